The van der Waals surface area contributed by atoms with Crippen LogP contribution in [0.5, 0.6) is 5.75 Å². The van der Waals surface area contributed by atoms with Crippen molar-refractivity contribution in [3.05, 3.63) is 30.3 Å². The van der Waals surface area contributed by atoms with Crippen molar-refractivity contribution < 1.29 is 9.47 Å². The fourth-order valence-electron chi connectivity index (χ4n) is 2.44. The molecule has 1 aromatic rings. The number of nitrogens with zero attached hydrogens (tertiary/aromatic N) is 1. The van der Waals surface area contributed by atoms with E-state index in [4.69, 9.17) is 9.47 Å². The topological polar surface area (TPSA) is 21.7 Å². The highest BCUT2D eigenvalue weighted by Crippen LogP contribution is 2.18. The van der Waals surface area contributed by atoms with E-state index >= 15 is 0 Å². The molecule has 0 aromatic heterocycles. The van der Waals surface area contributed by atoms with Crippen LogP contribution < -0.4 is 4.74 Å². The lowest BCUT2D eigenvalue weighted by Crippen LogP contribution is -2.39. The van der Waals surface area contributed by atoms with Gasteiger partial charge in [-0.1, -0.05) is 18.2 Å². The third-order valence-corrected chi connectivity index (χ3v) is 3.44. The minimum Gasteiger partial charge on any atom is -0.493 e. The lowest BCUT2D eigenvalue weighted by atomic mass is 9.99. The van der Waals surface area contributed by atoms with Crippen molar-refractivity contribution in [1.82, 2.24) is 4.90 Å². The standard InChI is InChI=1S/C15H23NO2/c1-17-11-10-16-9-5-6-14(12-16)13-18-15-7-3-2-4-8-15/h2-4,7-8,14H,5-6,9-13H2,1H3/t14-/m1/s1. The SMILES string of the molecule is COCCN1CCC[C@@H](COc2ccccc2)C1. The van der Waals surface area contributed by atoms with E-state index in [2.05, 4.69) is 4.90 Å². The zero-order valence-corrected chi connectivity index (χ0v) is 11.2. The maximum absolute atomic E-state index is 5.84. The number of methoxy groups -OCH3 is 1. The Morgan fingerprint density at radius 2 is 2.11 bits per heavy atom. The molecule has 0 aliphatic carbocycles. The molecule has 18 heavy (non-hydrogen) atoms. The zero-order chi connectivity index (χ0) is 12.6. The van der Waals surface area contributed by atoms with E-state index in [1.807, 2.05) is 30.3 Å². The van der Waals surface area contributed by atoms with Gasteiger partial charge in [0.1, 0.15) is 5.75 Å². The molecule has 0 bridgehead atoms. The second-order valence-corrected chi connectivity index (χ2v) is 4.93. The van der Waals surface area contributed by atoms with E-state index in [0.717, 1.165) is 32.1 Å². The van der Waals surface area contributed by atoms with Crippen molar-refractivity contribution in [2.24, 2.45) is 5.92 Å². The fraction of sp³-hybridized carbons (Fsp3) is 0.600. The molecule has 3 heteroatoms. The first kappa shape index (κ1) is 13.4. The van der Waals surface area contributed by atoms with Crippen LogP contribution in [0.2, 0.25) is 0 Å². The van der Waals surface area contributed by atoms with E-state index < -0.39 is 0 Å². The number of likely N-dealkylation sites (tertiary alicyclic amines) is 1. The molecule has 0 N–H and O–H groups in total. The summed E-state index contributed by atoms with van der Waals surface area (Å²) < 4.78 is 11.0. The summed E-state index contributed by atoms with van der Waals surface area (Å²) >= 11 is 0. The molecule has 1 aromatic carbocycles. The monoisotopic (exact) mass is 249 g/mol. The van der Waals surface area contributed by atoms with E-state index in [0.29, 0.717) is 5.92 Å². The Labute approximate surface area is 110 Å². The quantitative estimate of drug-likeness (QED) is 0.773. The van der Waals surface area contributed by atoms with Gasteiger partial charge in [0.2, 0.25) is 0 Å². The van der Waals surface area contributed by atoms with Gasteiger partial charge in [-0.25, -0.2) is 0 Å². The molecule has 0 spiro atoms. The van der Waals surface area contributed by atoms with Crippen LogP contribution in [0.15, 0.2) is 30.3 Å². The molecule has 1 aliphatic rings. The van der Waals surface area contributed by atoms with Gasteiger partial charge in [-0.15, -0.1) is 0 Å². The zero-order valence-electron chi connectivity index (χ0n) is 11.2. The molecule has 0 unspecified atom stereocenters. The molecule has 100 valence electrons. The number of ether oxygens (including phenoxy) is 2. The number of hydrogen-bond donors (Lipinski definition) is 0. The van der Waals surface area contributed by atoms with E-state index in [9.17, 15) is 0 Å². The Morgan fingerprint density at radius 1 is 1.28 bits per heavy atom. The van der Waals surface area contributed by atoms with Gasteiger partial charge in [0, 0.05) is 26.1 Å². The molecule has 2 rings (SSSR count). The highest BCUT2D eigenvalue weighted by atomic mass is 16.5. The van der Waals surface area contributed by atoms with Crippen molar-refractivity contribution >= 4 is 0 Å². The number of piperidine rings is 1. The average Bonchev–Trinajstić information content (AvgIpc) is 2.44. The number of rotatable bonds is 6. The van der Waals surface area contributed by atoms with Crippen LogP contribution >= 0.6 is 0 Å². The van der Waals surface area contributed by atoms with Crippen molar-refractivity contribution in [3.8, 4) is 5.75 Å². The first-order chi connectivity index (χ1) is 8.88. The average molecular weight is 249 g/mol. The molecule has 1 heterocycles. The molecule has 0 radical (unpaired) electrons. The second kappa shape index (κ2) is 7.39. The van der Waals surface area contributed by atoms with Crippen LogP contribution in [0.1, 0.15) is 12.8 Å². The van der Waals surface area contributed by atoms with Gasteiger partial charge in [0.05, 0.1) is 13.2 Å². The van der Waals surface area contributed by atoms with Crippen LogP contribution in [0.3, 0.4) is 0 Å². The molecule has 3 nitrogen and oxygen atoms in total. The smallest absolute Gasteiger partial charge is 0.119 e. The summed E-state index contributed by atoms with van der Waals surface area (Å²) in [7, 11) is 1.76. The van der Waals surface area contributed by atoms with Gasteiger partial charge in [-0.05, 0) is 31.5 Å². The molecular formula is C15H23NO2. The Balaban J connectivity index is 1.72. The van der Waals surface area contributed by atoms with Crippen LogP contribution in [0.4, 0.5) is 0 Å². The predicted molar refractivity (Wildman–Crippen MR) is 73.0 cm³/mol. The first-order valence-corrected chi connectivity index (χ1v) is 6.77. The molecule has 1 fully saturated rings. The summed E-state index contributed by atoms with van der Waals surface area (Å²) in [6.07, 6.45) is 2.54. The summed E-state index contributed by atoms with van der Waals surface area (Å²) in [4.78, 5) is 2.48. The minimum absolute atomic E-state index is 0.649. The minimum atomic E-state index is 0.649. The van der Waals surface area contributed by atoms with Crippen molar-refractivity contribution in [3.63, 3.8) is 0 Å². The molecule has 1 aliphatic heterocycles. The van der Waals surface area contributed by atoms with E-state index in [1.54, 1.807) is 7.11 Å². The van der Waals surface area contributed by atoms with Gasteiger partial charge in [-0.3, -0.25) is 0 Å². The fourth-order valence-corrected chi connectivity index (χ4v) is 2.44. The van der Waals surface area contributed by atoms with Gasteiger partial charge in [0.25, 0.3) is 0 Å². The molecule has 1 atom stereocenters. The molecule has 1 saturated heterocycles. The Morgan fingerprint density at radius 3 is 2.89 bits per heavy atom. The Bertz CT molecular complexity index is 329. The third-order valence-electron chi connectivity index (χ3n) is 3.44. The summed E-state index contributed by atoms with van der Waals surface area (Å²) in [6, 6.07) is 10.1. The summed E-state index contributed by atoms with van der Waals surface area (Å²) in [5, 5.41) is 0. The number of hydrogen-bond acceptors (Lipinski definition) is 3. The van der Waals surface area contributed by atoms with Crippen LogP contribution in [0.25, 0.3) is 0 Å². The van der Waals surface area contributed by atoms with E-state index in [1.165, 1.54) is 19.4 Å². The lowest BCUT2D eigenvalue weighted by Gasteiger charge is -2.32. The van der Waals surface area contributed by atoms with Crippen molar-refractivity contribution in [2.45, 2.75) is 12.8 Å². The highest BCUT2D eigenvalue weighted by Gasteiger charge is 2.19. The number of para-hydroxylation sites is 1. The summed E-state index contributed by atoms with van der Waals surface area (Å²) in [5.74, 6) is 1.63. The van der Waals surface area contributed by atoms with Crippen molar-refractivity contribution in [1.29, 1.82) is 0 Å². The summed E-state index contributed by atoms with van der Waals surface area (Å²) in [6.45, 7) is 5.03. The Hall–Kier alpha value is -1.06. The highest BCUT2D eigenvalue weighted by molar-refractivity contribution is 5.20. The largest absolute Gasteiger partial charge is 0.493 e. The maximum atomic E-state index is 5.84. The first-order valence-electron chi connectivity index (χ1n) is 6.77. The van der Waals surface area contributed by atoms with Gasteiger partial charge in [-0.2, -0.15) is 0 Å². The molecule has 0 saturated carbocycles. The van der Waals surface area contributed by atoms with Crippen LogP contribution in [-0.2, 0) is 4.74 Å². The number of benzene rings is 1. The maximum Gasteiger partial charge on any atom is 0.119 e. The predicted octanol–water partition coefficient (Wildman–Crippen LogP) is 2.42. The van der Waals surface area contributed by atoms with Crippen LogP contribution in [0, 0.1) is 5.92 Å². The van der Waals surface area contributed by atoms with Crippen LogP contribution in [-0.4, -0.2) is 44.9 Å². The van der Waals surface area contributed by atoms with Gasteiger partial charge in [0.15, 0.2) is 0 Å². The lowest BCUT2D eigenvalue weighted by molar-refractivity contribution is 0.0959. The summed E-state index contributed by atoms with van der Waals surface area (Å²) in [5.41, 5.74) is 0. The molecule has 0 amide bonds. The Kier molecular flexibility index (Phi) is 5.49. The van der Waals surface area contributed by atoms with Gasteiger partial charge >= 0.3 is 0 Å². The van der Waals surface area contributed by atoms with Gasteiger partial charge < -0.3 is 14.4 Å². The normalized spacial score (nSPS) is 20.8. The van der Waals surface area contributed by atoms with E-state index in [-0.39, 0.29) is 0 Å². The third kappa shape index (κ3) is 4.31. The molecular weight excluding hydrogens is 226 g/mol. The second-order valence-electron chi connectivity index (χ2n) is 4.93. The van der Waals surface area contributed by atoms with Crippen molar-refractivity contribution in [2.75, 3.05) is 40.0 Å².